The van der Waals surface area contributed by atoms with Crippen LogP contribution in [-0.4, -0.2) is 46.9 Å². The molecule has 0 radical (unpaired) electrons. The fourth-order valence-corrected chi connectivity index (χ4v) is 7.50. The topological polar surface area (TPSA) is 95.9 Å². The van der Waals surface area contributed by atoms with Crippen LogP contribution in [0, 0.1) is 0 Å². The number of allylic oxidation sites excluding steroid dienone is 6. The Labute approximate surface area is 353 Å². The van der Waals surface area contributed by atoms with Gasteiger partial charge in [-0.15, -0.1) is 0 Å². The van der Waals surface area contributed by atoms with E-state index in [2.05, 4.69) is 62.5 Å². The normalized spacial score (nSPS) is 13.6. The molecule has 0 saturated heterocycles. The Morgan fingerprint density at radius 3 is 1.44 bits per heavy atom. The molecule has 3 N–H and O–H groups in total. The fraction of sp³-hybridized carbons (Fsp3) is 0.843. The zero-order valence-corrected chi connectivity index (χ0v) is 38.0. The van der Waals surface area contributed by atoms with Gasteiger partial charge in [-0.3, -0.25) is 9.59 Å². The number of hydrogen-bond donors (Lipinski definition) is 3. The van der Waals surface area contributed by atoms with Crippen molar-refractivity contribution in [3.8, 4) is 0 Å². The molecule has 0 aromatic heterocycles. The van der Waals surface area contributed by atoms with Gasteiger partial charge >= 0.3 is 5.97 Å². The summed E-state index contributed by atoms with van der Waals surface area (Å²) in [4.78, 5) is 26.1. The van der Waals surface area contributed by atoms with Crippen LogP contribution < -0.4 is 5.32 Å². The van der Waals surface area contributed by atoms with Gasteiger partial charge in [0.1, 0.15) is 6.10 Å². The van der Waals surface area contributed by atoms with Crippen LogP contribution in [0.3, 0.4) is 0 Å². The molecule has 0 bridgehead atoms. The molecule has 6 heteroatoms. The maximum atomic E-state index is 13.2. The monoisotopic (exact) mass is 802 g/mol. The molecule has 334 valence electrons. The van der Waals surface area contributed by atoms with Crippen LogP contribution >= 0.6 is 0 Å². The molecule has 0 fully saturated rings. The average Bonchev–Trinajstić information content (AvgIpc) is 3.20. The molecule has 57 heavy (non-hydrogen) atoms. The third kappa shape index (κ3) is 40.6. The Morgan fingerprint density at radius 2 is 0.947 bits per heavy atom. The van der Waals surface area contributed by atoms with Crippen LogP contribution in [0.15, 0.2) is 36.5 Å². The van der Waals surface area contributed by atoms with Crippen molar-refractivity contribution >= 4 is 11.9 Å². The highest BCUT2D eigenvalue weighted by molar-refractivity contribution is 5.77. The molecule has 0 spiro atoms. The van der Waals surface area contributed by atoms with E-state index < -0.39 is 18.2 Å². The Kier molecular flexibility index (Phi) is 43.6. The van der Waals surface area contributed by atoms with Crippen LogP contribution in [0.4, 0.5) is 0 Å². The Bertz CT molecular complexity index is 946. The zero-order valence-electron chi connectivity index (χ0n) is 38.0. The highest BCUT2D eigenvalue weighted by Crippen LogP contribution is 2.18. The van der Waals surface area contributed by atoms with Gasteiger partial charge in [0.2, 0.25) is 5.91 Å². The predicted molar refractivity (Wildman–Crippen MR) is 246 cm³/mol. The van der Waals surface area contributed by atoms with Crippen molar-refractivity contribution in [1.82, 2.24) is 5.32 Å². The van der Waals surface area contributed by atoms with E-state index in [0.717, 1.165) is 89.9 Å². The quantitative estimate of drug-likeness (QED) is 0.0324. The molecule has 0 aliphatic rings. The molecule has 0 aromatic rings. The zero-order chi connectivity index (χ0) is 41.7. The van der Waals surface area contributed by atoms with Crippen molar-refractivity contribution in [3.05, 3.63) is 36.5 Å². The van der Waals surface area contributed by atoms with Crippen molar-refractivity contribution in [3.63, 3.8) is 0 Å². The lowest BCUT2D eigenvalue weighted by atomic mass is 10.0. The molecule has 3 unspecified atom stereocenters. The number of rotatable bonds is 44. The minimum Gasteiger partial charge on any atom is -0.462 e. The van der Waals surface area contributed by atoms with E-state index in [-0.39, 0.29) is 24.9 Å². The number of aliphatic hydroxyl groups is 2. The summed E-state index contributed by atoms with van der Waals surface area (Å²) in [6.07, 6.45) is 52.0. The van der Waals surface area contributed by atoms with E-state index in [0.29, 0.717) is 19.3 Å². The first-order valence-corrected chi connectivity index (χ1v) is 24.7. The molecule has 3 atom stereocenters. The van der Waals surface area contributed by atoms with Crippen molar-refractivity contribution < 1.29 is 24.5 Å². The van der Waals surface area contributed by atoms with Gasteiger partial charge in [-0.25, -0.2) is 0 Å². The van der Waals surface area contributed by atoms with E-state index in [4.69, 9.17) is 4.74 Å². The third-order valence-electron chi connectivity index (χ3n) is 11.2. The Morgan fingerprint density at radius 1 is 0.526 bits per heavy atom. The van der Waals surface area contributed by atoms with Crippen molar-refractivity contribution in [2.75, 3.05) is 6.61 Å². The second kappa shape index (κ2) is 45.2. The van der Waals surface area contributed by atoms with Gasteiger partial charge in [0, 0.05) is 6.42 Å². The van der Waals surface area contributed by atoms with Gasteiger partial charge in [0.25, 0.3) is 0 Å². The van der Waals surface area contributed by atoms with Gasteiger partial charge < -0.3 is 20.3 Å². The minimum atomic E-state index is -0.790. The second-order valence-corrected chi connectivity index (χ2v) is 16.8. The van der Waals surface area contributed by atoms with E-state index in [9.17, 15) is 19.8 Å². The molecular formula is C51H95NO5. The number of amides is 1. The third-order valence-corrected chi connectivity index (χ3v) is 11.2. The maximum Gasteiger partial charge on any atom is 0.306 e. The van der Waals surface area contributed by atoms with E-state index in [1.54, 1.807) is 0 Å². The summed E-state index contributed by atoms with van der Waals surface area (Å²) < 4.78 is 5.91. The Balaban J connectivity index is 4.61. The summed E-state index contributed by atoms with van der Waals surface area (Å²) in [5.41, 5.74) is 0. The summed E-state index contributed by atoms with van der Waals surface area (Å²) in [7, 11) is 0. The first-order valence-electron chi connectivity index (χ1n) is 24.7. The molecule has 0 aliphatic heterocycles. The molecule has 6 nitrogen and oxygen atoms in total. The predicted octanol–water partition coefficient (Wildman–Crippen LogP) is 14.5. The van der Waals surface area contributed by atoms with Gasteiger partial charge in [-0.05, 0) is 57.8 Å². The molecule has 0 saturated carbocycles. The molecule has 1 amide bonds. The Hall–Kier alpha value is -1.92. The lowest BCUT2D eigenvalue weighted by molar-refractivity contribution is -0.151. The maximum absolute atomic E-state index is 13.2. The number of hydrogen-bond acceptors (Lipinski definition) is 5. The summed E-state index contributed by atoms with van der Waals surface area (Å²) in [6.45, 7) is 6.36. The van der Waals surface area contributed by atoms with Crippen molar-refractivity contribution in [1.29, 1.82) is 0 Å². The number of unbranched alkanes of at least 4 members (excludes halogenated alkanes) is 26. The number of carbonyl (C=O) groups excluding carboxylic acids is 2. The van der Waals surface area contributed by atoms with Gasteiger partial charge in [-0.2, -0.15) is 0 Å². The van der Waals surface area contributed by atoms with Crippen LogP contribution in [-0.2, 0) is 14.3 Å². The number of nitrogens with one attached hydrogen (secondary N) is 1. The summed E-state index contributed by atoms with van der Waals surface area (Å²) in [5, 5.41) is 23.7. The van der Waals surface area contributed by atoms with Gasteiger partial charge in [0.05, 0.1) is 25.2 Å². The number of esters is 1. The van der Waals surface area contributed by atoms with Gasteiger partial charge in [0.15, 0.2) is 0 Å². The highest BCUT2D eigenvalue weighted by Gasteiger charge is 2.24. The molecule has 0 aliphatic carbocycles. The lowest BCUT2D eigenvalue weighted by Crippen LogP contribution is -2.46. The van der Waals surface area contributed by atoms with Crippen LogP contribution in [0.5, 0.6) is 0 Å². The van der Waals surface area contributed by atoms with Crippen molar-refractivity contribution in [2.24, 2.45) is 0 Å². The summed E-state index contributed by atoms with van der Waals surface area (Å²) in [5.74, 6) is -0.488. The number of aliphatic hydroxyl groups excluding tert-OH is 2. The average molecular weight is 802 g/mol. The summed E-state index contributed by atoms with van der Waals surface area (Å²) >= 11 is 0. The number of ether oxygens (including phenoxy) is 1. The van der Waals surface area contributed by atoms with E-state index in [1.165, 1.54) is 116 Å². The van der Waals surface area contributed by atoms with E-state index >= 15 is 0 Å². The molecular weight excluding hydrogens is 707 g/mol. The van der Waals surface area contributed by atoms with Crippen molar-refractivity contribution in [2.45, 2.75) is 270 Å². The van der Waals surface area contributed by atoms with E-state index in [1.807, 2.05) is 0 Å². The summed E-state index contributed by atoms with van der Waals surface area (Å²) in [6, 6.07) is -0.705. The van der Waals surface area contributed by atoms with Crippen LogP contribution in [0.2, 0.25) is 0 Å². The van der Waals surface area contributed by atoms with Gasteiger partial charge in [-0.1, -0.05) is 218 Å². The standard InChI is InChI=1S/C51H95NO5/c1-4-7-10-13-16-19-22-25-26-27-30-33-36-39-42-47(57-51(56)44-41-38-35-32-29-24-21-18-15-12-9-6-3)45-50(55)52-48(46-53)49(54)43-40-37-34-31-28-23-20-17-14-11-8-5-2/h7,10,16,19,25-26,47-49,53-54H,4-6,8-9,11-15,17-18,20-24,27-46H2,1-3H3,(H,52,55)/b10-7+,19-16+,26-25+. The lowest BCUT2D eigenvalue weighted by Gasteiger charge is -2.24. The van der Waals surface area contributed by atoms with Crippen LogP contribution in [0.1, 0.15) is 252 Å². The molecule has 0 rings (SSSR count). The molecule has 0 heterocycles. The van der Waals surface area contributed by atoms with Crippen LogP contribution in [0.25, 0.3) is 0 Å². The second-order valence-electron chi connectivity index (χ2n) is 16.8. The molecule has 0 aromatic carbocycles. The largest absolute Gasteiger partial charge is 0.462 e. The first-order chi connectivity index (χ1) is 28.0. The smallest absolute Gasteiger partial charge is 0.306 e. The minimum absolute atomic E-state index is 0.0660. The SMILES string of the molecule is CC/C=C/C/C=C/C/C=C/CCCCCCC(CC(=O)NC(CO)C(O)CCCCCCCCCCCCCC)OC(=O)CCCCCCCCCCCCCC. The fourth-order valence-electron chi connectivity index (χ4n) is 7.50. The first kappa shape index (κ1) is 55.1. The highest BCUT2D eigenvalue weighted by atomic mass is 16.5. The number of carbonyl (C=O) groups is 2.